The summed E-state index contributed by atoms with van der Waals surface area (Å²) in [6, 6.07) is 1.67. The van der Waals surface area contributed by atoms with Crippen molar-refractivity contribution in [2.75, 3.05) is 18.5 Å². The van der Waals surface area contributed by atoms with Crippen LogP contribution in [0.3, 0.4) is 0 Å². The maximum absolute atomic E-state index is 13.8. The van der Waals surface area contributed by atoms with E-state index in [4.69, 9.17) is 17.3 Å². The Morgan fingerprint density at radius 1 is 1.22 bits per heavy atom. The number of aromatic nitrogens is 2. The van der Waals surface area contributed by atoms with Crippen LogP contribution < -0.4 is 16.0 Å². The number of carbonyl (C=O) groups excluding carboxylic acids is 3. The fourth-order valence-corrected chi connectivity index (χ4v) is 5.09. The molecule has 1 aliphatic carbocycles. The summed E-state index contributed by atoms with van der Waals surface area (Å²) in [6.07, 6.45) is 4.17. The van der Waals surface area contributed by atoms with Gasteiger partial charge < -0.3 is 20.5 Å². The first-order valence-electron chi connectivity index (χ1n) is 10.2. The molecule has 1 aromatic heterocycles. The highest BCUT2D eigenvalue weighted by molar-refractivity contribution is 6.34. The summed E-state index contributed by atoms with van der Waals surface area (Å²) in [6.45, 7) is 0.354. The molecule has 2 fully saturated rings. The van der Waals surface area contributed by atoms with Gasteiger partial charge in [-0.1, -0.05) is 11.6 Å². The van der Waals surface area contributed by atoms with E-state index in [2.05, 4.69) is 10.3 Å². The van der Waals surface area contributed by atoms with Crippen molar-refractivity contribution in [1.29, 1.82) is 0 Å². The molecule has 2 heterocycles. The molecular formula is C21H22ClF2N5O3. The van der Waals surface area contributed by atoms with E-state index in [1.54, 1.807) is 4.57 Å². The third-order valence-corrected chi connectivity index (χ3v) is 6.87. The number of hydrogen-bond acceptors (Lipinski definition) is 4. The molecule has 1 saturated heterocycles. The first kappa shape index (κ1) is 22.2. The number of nitrogens with one attached hydrogen (secondary N) is 1. The van der Waals surface area contributed by atoms with Crippen molar-refractivity contribution in [3.8, 4) is 0 Å². The van der Waals surface area contributed by atoms with Crippen molar-refractivity contribution in [3.05, 3.63) is 46.5 Å². The van der Waals surface area contributed by atoms with E-state index in [-0.39, 0.29) is 34.0 Å². The summed E-state index contributed by atoms with van der Waals surface area (Å²) in [5.74, 6) is -3.56. The number of benzene rings is 1. The molecule has 170 valence electrons. The predicted molar refractivity (Wildman–Crippen MR) is 112 cm³/mol. The second-order valence-electron chi connectivity index (χ2n) is 8.23. The van der Waals surface area contributed by atoms with Crippen LogP contribution >= 0.6 is 11.6 Å². The molecular weight excluding hydrogens is 444 g/mol. The molecule has 8 nitrogen and oxygen atoms in total. The van der Waals surface area contributed by atoms with Crippen molar-refractivity contribution >= 4 is 35.0 Å². The Kier molecular flexibility index (Phi) is 5.66. The molecule has 0 atom stereocenters. The minimum Gasteiger partial charge on any atom is -0.364 e. The lowest BCUT2D eigenvalue weighted by atomic mass is 9.71. The number of nitrogens with two attached hydrogens (primary N) is 1. The number of amides is 3. The maximum atomic E-state index is 13.8. The maximum Gasteiger partial charge on any atom is 0.272 e. The van der Waals surface area contributed by atoms with Crippen LogP contribution in [0.5, 0.6) is 0 Å². The first-order valence-corrected chi connectivity index (χ1v) is 10.6. The smallest absolute Gasteiger partial charge is 0.272 e. The van der Waals surface area contributed by atoms with Gasteiger partial charge in [-0.15, -0.1) is 0 Å². The van der Waals surface area contributed by atoms with Crippen molar-refractivity contribution < 1.29 is 23.2 Å². The summed E-state index contributed by atoms with van der Waals surface area (Å²) in [5, 5.41) is 2.42. The van der Waals surface area contributed by atoms with Gasteiger partial charge >= 0.3 is 0 Å². The summed E-state index contributed by atoms with van der Waals surface area (Å²) in [7, 11) is 1.44. The van der Waals surface area contributed by atoms with Crippen molar-refractivity contribution in [1.82, 2.24) is 14.9 Å². The third kappa shape index (κ3) is 3.52. The third-order valence-electron chi connectivity index (χ3n) is 6.57. The van der Waals surface area contributed by atoms with Gasteiger partial charge in [0.2, 0.25) is 5.91 Å². The number of imidazole rings is 1. The molecule has 32 heavy (non-hydrogen) atoms. The van der Waals surface area contributed by atoms with Gasteiger partial charge in [-0.3, -0.25) is 14.4 Å². The minimum atomic E-state index is -1.07. The number of halogens is 3. The SMILES string of the molecule is CNC(=O)c1ncn(C2CCC3(CC2)CCN(c2cc(F)c(F)cc2Cl)C3=O)c1C(N)=O. The zero-order chi connectivity index (χ0) is 23.2. The number of rotatable bonds is 4. The van der Waals surface area contributed by atoms with Gasteiger partial charge in [0.25, 0.3) is 11.8 Å². The van der Waals surface area contributed by atoms with Crippen LogP contribution in [0.25, 0.3) is 0 Å². The summed E-state index contributed by atoms with van der Waals surface area (Å²) >= 11 is 6.08. The lowest BCUT2D eigenvalue weighted by Crippen LogP contribution is -2.38. The summed E-state index contributed by atoms with van der Waals surface area (Å²) in [4.78, 5) is 42.8. The second kappa shape index (κ2) is 8.16. The van der Waals surface area contributed by atoms with E-state index in [0.29, 0.717) is 38.6 Å². The number of hydrogen-bond donors (Lipinski definition) is 2. The molecule has 3 amide bonds. The van der Waals surface area contributed by atoms with Crippen LogP contribution in [0.4, 0.5) is 14.5 Å². The number of carbonyl (C=O) groups is 3. The van der Waals surface area contributed by atoms with E-state index < -0.39 is 28.9 Å². The largest absolute Gasteiger partial charge is 0.364 e. The zero-order valence-corrected chi connectivity index (χ0v) is 18.1. The highest BCUT2D eigenvalue weighted by atomic mass is 35.5. The molecule has 11 heteroatoms. The predicted octanol–water partition coefficient (Wildman–Crippen LogP) is 2.81. The van der Waals surface area contributed by atoms with Gasteiger partial charge in [0, 0.05) is 25.7 Å². The Morgan fingerprint density at radius 3 is 2.50 bits per heavy atom. The Hall–Kier alpha value is -3.01. The summed E-state index contributed by atoms with van der Waals surface area (Å²) in [5.41, 5.74) is 5.04. The van der Waals surface area contributed by atoms with Crippen molar-refractivity contribution in [2.24, 2.45) is 11.1 Å². The van der Waals surface area contributed by atoms with E-state index in [0.717, 1.165) is 12.1 Å². The monoisotopic (exact) mass is 465 g/mol. The van der Waals surface area contributed by atoms with Crippen LogP contribution in [0, 0.1) is 17.0 Å². The van der Waals surface area contributed by atoms with Crippen LogP contribution in [-0.2, 0) is 4.79 Å². The van der Waals surface area contributed by atoms with Gasteiger partial charge in [-0.2, -0.15) is 0 Å². The zero-order valence-electron chi connectivity index (χ0n) is 17.3. The van der Waals surface area contributed by atoms with Gasteiger partial charge in [-0.25, -0.2) is 13.8 Å². The average molecular weight is 466 g/mol. The molecule has 1 aliphatic heterocycles. The Morgan fingerprint density at radius 2 is 1.88 bits per heavy atom. The van der Waals surface area contributed by atoms with Crippen LogP contribution in [0.15, 0.2) is 18.5 Å². The van der Waals surface area contributed by atoms with Crippen molar-refractivity contribution in [2.45, 2.75) is 38.1 Å². The second-order valence-corrected chi connectivity index (χ2v) is 8.64. The molecule has 4 rings (SSSR count). The Bertz CT molecular complexity index is 1110. The van der Waals surface area contributed by atoms with Crippen molar-refractivity contribution in [3.63, 3.8) is 0 Å². The van der Waals surface area contributed by atoms with Crippen LogP contribution in [0.2, 0.25) is 5.02 Å². The molecule has 1 saturated carbocycles. The number of primary amides is 1. The molecule has 2 aromatic rings. The quantitative estimate of drug-likeness (QED) is 0.676. The minimum absolute atomic E-state index is 0.0192. The van der Waals surface area contributed by atoms with E-state index in [1.807, 2.05) is 0 Å². The Balaban J connectivity index is 1.54. The normalized spacial score (nSPS) is 23.1. The van der Waals surface area contributed by atoms with E-state index >= 15 is 0 Å². The Labute approximate surface area is 187 Å². The molecule has 0 radical (unpaired) electrons. The van der Waals surface area contributed by atoms with E-state index in [9.17, 15) is 23.2 Å². The first-order chi connectivity index (χ1) is 15.2. The van der Waals surface area contributed by atoms with Gasteiger partial charge in [0.15, 0.2) is 17.3 Å². The molecule has 0 bridgehead atoms. The lowest BCUT2D eigenvalue weighted by Gasteiger charge is -2.36. The molecule has 1 aromatic carbocycles. The van der Waals surface area contributed by atoms with Gasteiger partial charge in [0.1, 0.15) is 5.69 Å². The fraction of sp³-hybridized carbons (Fsp3) is 0.429. The molecule has 0 unspecified atom stereocenters. The van der Waals surface area contributed by atoms with Gasteiger partial charge in [-0.05, 0) is 38.2 Å². The number of nitrogens with zero attached hydrogens (tertiary/aromatic N) is 3. The summed E-state index contributed by atoms with van der Waals surface area (Å²) < 4.78 is 28.8. The van der Waals surface area contributed by atoms with Crippen LogP contribution in [-0.4, -0.2) is 40.9 Å². The van der Waals surface area contributed by atoms with Crippen LogP contribution in [0.1, 0.15) is 59.1 Å². The van der Waals surface area contributed by atoms with E-state index in [1.165, 1.54) is 18.3 Å². The molecule has 2 aliphatic rings. The standard InChI is InChI=1S/C21H22ClF2N5O3/c1-26-19(31)16-17(18(25)30)29(10-27-16)11-2-4-21(5-3-11)6-7-28(20(21)32)15-9-14(24)13(23)8-12(15)22/h8-11H,2-7H2,1H3,(H2,25,30)(H,26,31). The lowest BCUT2D eigenvalue weighted by molar-refractivity contribution is -0.127. The fourth-order valence-electron chi connectivity index (χ4n) is 4.83. The molecule has 1 spiro atoms. The molecule has 3 N–H and O–H groups in total. The highest BCUT2D eigenvalue weighted by Gasteiger charge is 2.49. The highest BCUT2D eigenvalue weighted by Crippen LogP contribution is 2.49. The number of anilines is 1. The topological polar surface area (TPSA) is 110 Å². The average Bonchev–Trinajstić information content (AvgIpc) is 3.34. The van der Waals surface area contributed by atoms with Gasteiger partial charge in [0.05, 0.1) is 22.5 Å².